The fourth-order valence-electron chi connectivity index (χ4n) is 4.98. The van der Waals surface area contributed by atoms with Crippen LogP contribution in [0.15, 0.2) is 109 Å². The summed E-state index contributed by atoms with van der Waals surface area (Å²) in [6.07, 6.45) is 1.83. The van der Waals surface area contributed by atoms with Crippen LogP contribution in [0.25, 0.3) is 49.7 Å². The molecule has 4 aromatic carbocycles. The van der Waals surface area contributed by atoms with Crippen LogP contribution in [-0.2, 0) is 21.1 Å². The molecule has 0 spiro atoms. The van der Waals surface area contributed by atoms with Crippen LogP contribution < -0.4 is 9.47 Å². The molecule has 0 unspecified atom stereocenters. The zero-order chi connectivity index (χ0) is 26.3. The fraction of sp³-hybridized carbons (Fsp3) is 0.0303. The van der Waals surface area contributed by atoms with Gasteiger partial charge in [0.1, 0.15) is 22.8 Å². The molecule has 0 amide bonds. The SMILES string of the molecule is COc1cc(O)c2nc(Oc3[c-]c4c(cc3)c3ccccc3n4-c3cc(-c4ccccc4)ccn3)ccc2c1.[Pt]. The van der Waals surface area contributed by atoms with Crippen LogP contribution in [0, 0.1) is 6.07 Å². The second-order valence-electron chi connectivity index (χ2n) is 9.18. The van der Waals surface area contributed by atoms with Crippen molar-refractivity contribution in [2.45, 2.75) is 0 Å². The summed E-state index contributed by atoms with van der Waals surface area (Å²) in [6.45, 7) is 0. The molecular formula is C33H22N3O3Pt-. The van der Waals surface area contributed by atoms with Crippen LogP contribution in [-0.4, -0.2) is 26.8 Å². The van der Waals surface area contributed by atoms with Crippen molar-refractivity contribution in [1.82, 2.24) is 14.5 Å². The molecule has 0 bridgehead atoms. The number of aromatic nitrogens is 3. The van der Waals surface area contributed by atoms with E-state index in [1.165, 1.54) is 6.07 Å². The predicted molar refractivity (Wildman–Crippen MR) is 153 cm³/mol. The van der Waals surface area contributed by atoms with E-state index in [2.05, 4.69) is 45.9 Å². The number of benzene rings is 4. The molecule has 40 heavy (non-hydrogen) atoms. The standard InChI is InChI=1S/C33H22N3O3.Pt/c1-38-25-17-23-11-14-32(35-33(23)30(37)20-25)39-24-12-13-27-26-9-5-6-10-28(26)36(29(27)19-24)31-18-22(15-16-34-31)21-7-3-2-4-8-21;/h2-18,20,37H,1H3;/q-1;. The molecule has 0 saturated heterocycles. The summed E-state index contributed by atoms with van der Waals surface area (Å²) in [5.41, 5.74) is 4.51. The van der Waals surface area contributed by atoms with Gasteiger partial charge >= 0.3 is 0 Å². The number of hydrogen-bond acceptors (Lipinski definition) is 5. The molecule has 0 saturated carbocycles. The Hall–Kier alpha value is -4.67. The molecule has 0 aliphatic carbocycles. The average molecular weight is 704 g/mol. The van der Waals surface area contributed by atoms with E-state index in [9.17, 15) is 5.11 Å². The van der Waals surface area contributed by atoms with Crippen molar-refractivity contribution >= 4 is 32.7 Å². The molecule has 3 heterocycles. The van der Waals surface area contributed by atoms with Gasteiger partial charge < -0.3 is 19.1 Å². The Morgan fingerprint density at radius 2 is 1.62 bits per heavy atom. The molecule has 198 valence electrons. The molecule has 7 heteroatoms. The van der Waals surface area contributed by atoms with Crippen molar-refractivity contribution in [2.75, 3.05) is 7.11 Å². The van der Waals surface area contributed by atoms with Crippen LogP contribution in [0.5, 0.6) is 23.1 Å². The number of nitrogens with zero attached hydrogens (tertiary/aromatic N) is 3. The zero-order valence-corrected chi connectivity index (χ0v) is 23.6. The van der Waals surface area contributed by atoms with Gasteiger partial charge in [0.15, 0.2) is 0 Å². The van der Waals surface area contributed by atoms with Gasteiger partial charge in [0.25, 0.3) is 0 Å². The molecule has 0 radical (unpaired) electrons. The minimum absolute atomic E-state index is 0. The topological polar surface area (TPSA) is 69.4 Å². The number of methoxy groups -OCH3 is 1. The molecule has 0 aliphatic heterocycles. The summed E-state index contributed by atoms with van der Waals surface area (Å²) >= 11 is 0. The summed E-state index contributed by atoms with van der Waals surface area (Å²) in [5.74, 6) is 2.24. The van der Waals surface area contributed by atoms with Crippen molar-refractivity contribution < 1.29 is 35.6 Å². The number of phenols is 1. The fourth-order valence-corrected chi connectivity index (χ4v) is 4.98. The smallest absolute Gasteiger partial charge is 0.217 e. The minimum atomic E-state index is 0. The first kappa shape index (κ1) is 25.6. The third kappa shape index (κ3) is 4.46. The molecule has 7 aromatic rings. The monoisotopic (exact) mass is 703 g/mol. The Labute approximate surface area is 244 Å². The number of pyridine rings is 2. The first-order chi connectivity index (χ1) is 19.2. The van der Waals surface area contributed by atoms with Gasteiger partial charge in [-0.1, -0.05) is 54.0 Å². The molecule has 7 rings (SSSR count). The van der Waals surface area contributed by atoms with Gasteiger partial charge in [-0.25, -0.2) is 9.97 Å². The summed E-state index contributed by atoms with van der Waals surface area (Å²) in [5, 5.41) is 13.3. The molecule has 1 N–H and O–H groups in total. The zero-order valence-electron chi connectivity index (χ0n) is 21.3. The predicted octanol–water partition coefficient (Wildman–Crippen LogP) is 7.70. The molecule has 0 aliphatic rings. The molecule has 0 atom stereocenters. The Morgan fingerprint density at radius 3 is 2.48 bits per heavy atom. The van der Waals surface area contributed by atoms with E-state index in [4.69, 9.17) is 14.5 Å². The van der Waals surface area contributed by atoms with Gasteiger partial charge in [-0.3, -0.25) is 0 Å². The van der Waals surface area contributed by atoms with Gasteiger partial charge in [0, 0.05) is 56.0 Å². The maximum absolute atomic E-state index is 10.4. The van der Waals surface area contributed by atoms with E-state index in [0.717, 1.165) is 44.1 Å². The normalized spacial score (nSPS) is 11.0. The maximum atomic E-state index is 10.4. The number of fused-ring (bicyclic) bond motifs is 4. The summed E-state index contributed by atoms with van der Waals surface area (Å²) in [7, 11) is 1.56. The van der Waals surface area contributed by atoms with Crippen molar-refractivity contribution in [3.8, 4) is 40.1 Å². The summed E-state index contributed by atoms with van der Waals surface area (Å²) in [4.78, 5) is 9.26. The first-order valence-electron chi connectivity index (χ1n) is 12.5. The van der Waals surface area contributed by atoms with Gasteiger partial charge in [-0.2, -0.15) is 6.07 Å². The number of ether oxygens (including phenoxy) is 2. The van der Waals surface area contributed by atoms with Gasteiger partial charge in [-0.15, -0.1) is 17.5 Å². The van der Waals surface area contributed by atoms with Crippen molar-refractivity contribution in [1.29, 1.82) is 0 Å². The van der Waals surface area contributed by atoms with E-state index in [0.29, 0.717) is 22.9 Å². The van der Waals surface area contributed by atoms with Crippen molar-refractivity contribution in [2.24, 2.45) is 0 Å². The quantitative estimate of drug-likeness (QED) is 0.186. The Kier molecular flexibility index (Phi) is 6.70. The van der Waals surface area contributed by atoms with Crippen LogP contribution in [0.3, 0.4) is 0 Å². The van der Waals surface area contributed by atoms with Gasteiger partial charge in [0.05, 0.1) is 7.11 Å². The van der Waals surface area contributed by atoms with Gasteiger partial charge in [0.2, 0.25) is 5.88 Å². The van der Waals surface area contributed by atoms with Crippen LogP contribution in [0.1, 0.15) is 0 Å². The van der Waals surface area contributed by atoms with Crippen molar-refractivity contribution in [3.05, 3.63) is 115 Å². The third-order valence-corrected chi connectivity index (χ3v) is 6.81. The number of hydrogen-bond donors (Lipinski definition) is 1. The second-order valence-corrected chi connectivity index (χ2v) is 9.18. The Balaban J connectivity index is 0.00000289. The van der Waals surface area contributed by atoms with Crippen molar-refractivity contribution in [3.63, 3.8) is 0 Å². The largest absolute Gasteiger partial charge is 0.506 e. The number of aromatic hydroxyl groups is 1. The maximum Gasteiger partial charge on any atom is 0.217 e. The second kappa shape index (κ2) is 10.5. The summed E-state index contributed by atoms with van der Waals surface area (Å²) < 4.78 is 13.5. The molecule has 6 nitrogen and oxygen atoms in total. The first-order valence-corrected chi connectivity index (χ1v) is 12.5. The Bertz CT molecular complexity index is 2000. The van der Waals surface area contributed by atoms with E-state index in [-0.39, 0.29) is 26.8 Å². The average Bonchev–Trinajstić information content (AvgIpc) is 3.31. The minimum Gasteiger partial charge on any atom is -0.506 e. The third-order valence-electron chi connectivity index (χ3n) is 6.81. The van der Waals surface area contributed by atoms with Crippen LogP contribution in [0.4, 0.5) is 0 Å². The number of phenolic OH excluding ortho intramolecular Hbond substituents is 1. The Morgan fingerprint density at radius 1 is 0.800 bits per heavy atom. The number of rotatable bonds is 5. The van der Waals surface area contributed by atoms with E-state index < -0.39 is 0 Å². The van der Waals surface area contributed by atoms with Gasteiger partial charge in [-0.05, 0) is 46.8 Å². The van der Waals surface area contributed by atoms with E-state index in [1.54, 1.807) is 13.2 Å². The molecular weight excluding hydrogens is 681 g/mol. The summed E-state index contributed by atoms with van der Waals surface area (Å²) in [6, 6.07) is 36.9. The van der Waals surface area contributed by atoms with E-state index in [1.807, 2.05) is 66.9 Å². The number of para-hydroxylation sites is 1. The molecule has 0 fully saturated rings. The van der Waals surface area contributed by atoms with E-state index >= 15 is 0 Å². The van der Waals surface area contributed by atoms with Crippen LogP contribution in [0.2, 0.25) is 0 Å². The molecule has 3 aromatic heterocycles. The van der Waals surface area contributed by atoms with Crippen LogP contribution >= 0.6 is 0 Å².